The maximum Gasteiger partial charge on any atom is 0.231 e. The number of rotatable bonds is 1. The number of alkyl halides is 1. The molecule has 2 aromatic rings. The summed E-state index contributed by atoms with van der Waals surface area (Å²) in [6.07, 6.45) is 0. The molecule has 1 aliphatic heterocycles. The molecule has 72 valence electrons. The van der Waals surface area contributed by atoms with Crippen molar-refractivity contribution in [1.29, 1.82) is 0 Å². The number of oxazole rings is 1. The molecule has 0 bridgehead atoms. The van der Waals surface area contributed by atoms with E-state index < -0.39 is 0 Å². The Balaban J connectivity index is 2.25. The molecule has 2 heterocycles. The summed E-state index contributed by atoms with van der Waals surface area (Å²) in [7, 11) is 0. The second-order valence-corrected chi connectivity index (χ2v) is 3.18. The Morgan fingerprint density at radius 1 is 1.29 bits per heavy atom. The van der Waals surface area contributed by atoms with E-state index in [1.54, 1.807) is 12.1 Å². The van der Waals surface area contributed by atoms with Crippen molar-refractivity contribution >= 4 is 22.7 Å². The minimum atomic E-state index is 0.254. The number of nitrogens with zero attached hydrogens (tertiary/aromatic N) is 1. The molecule has 14 heavy (non-hydrogen) atoms. The fourth-order valence-electron chi connectivity index (χ4n) is 1.42. The van der Waals surface area contributed by atoms with Crippen LogP contribution in [0.2, 0.25) is 0 Å². The number of halogens is 1. The minimum Gasteiger partial charge on any atom is -0.454 e. The van der Waals surface area contributed by atoms with Crippen LogP contribution in [0.3, 0.4) is 0 Å². The molecule has 0 unspecified atom stereocenters. The van der Waals surface area contributed by atoms with E-state index in [0.29, 0.717) is 23.0 Å². The van der Waals surface area contributed by atoms with Crippen LogP contribution in [0.15, 0.2) is 16.5 Å². The molecule has 4 nitrogen and oxygen atoms in total. The molecule has 3 rings (SSSR count). The third kappa shape index (κ3) is 1.04. The first-order valence-corrected chi connectivity index (χ1v) is 4.65. The van der Waals surface area contributed by atoms with Crippen LogP contribution >= 0.6 is 11.6 Å². The van der Waals surface area contributed by atoms with Gasteiger partial charge >= 0.3 is 0 Å². The van der Waals surface area contributed by atoms with Gasteiger partial charge in [0.25, 0.3) is 0 Å². The minimum absolute atomic E-state index is 0.254. The fraction of sp³-hybridized carbons (Fsp3) is 0.222. The average molecular weight is 212 g/mol. The smallest absolute Gasteiger partial charge is 0.231 e. The maximum absolute atomic E-state index is 5.61. The third-order valence-corrected chi connectivity index (χ3v) is 2.27. The van der Waals surface area contributed by atoms with Gasteiger partial charge in [-0.25, -0.2) is 4.98 Å². The van der Waals surface area contributed by atoms with E-state index in [4.69, 9.17) is 25.5 Å². The number of benzene rings is 1. The van der Waals surface area contributed by atoms with Crippen LogP contribution in [-0.4, -0.2) is 11.8 Å². The molecule has 0 saturated heterocycles. The second kappa shape index (κ2) is 2.78. The molecular formula is C9H6ClNO3. The first kappa shape index (κ1) is 7.94. The lowest BCUT2D eigenvalue weighted by Crippen LogP contribution is -1.92. The summed E-state index contributed by atoms with van der Waals surface area (Å²) >= 11 is 5.61. The van der Waals surface area contributed by atoms with Crippen LogP contribution in [0.5, 0.6) is 11.5 Å². The van der Waals surface area contributed by atoms with Crippen LogP contribution in [0.25, 0.3) is 11.1 Å². The van der Waals surface area contributed by atoms with E-state index in [0.717, 1.165) is 5.52 Å². The second-order valence-electron chi connectivity index (χ2n) is 2.91. The zero-order valence-electron chi connectivity index (χ0n) is 7.12. The molecule has 0 amide bonds. The summed E-state index contributed by atoms with van der Waals surface area (Å²) in [6.45, 7) is 0.254. The molecule has 1 aliphatic rings. The highest BCUT2D eigenvalue weighted by Gasteiger charge is 2.16. The molecule has 0 aliphatic carbocycles. The van der Waals surface area contributed by atoms with Crippen molar-refractivity contribution in [2.75, 3.05) is 6.79 Å². The SMILES string of the molecule is ClCc1nc2cc3c(cc2o1)OCO3. The van der Waals surface area contributed by atoms with Crippen LogP contribution in [0.1, 0.15) is 5.89 Å². The van der Waals surface area contributed by atoms with E-state index in [-0.39, 0.29) is 12.7 Å². The van der Waals surface area contributed by atoms with Crippen LogP contribution in [-0.2, 0) is 5.88 Å². The van der Waals surface area contributed by atoms with Gasteiger partial charge in [-0.05, 0) is 0 Å². The molecule has 0 spiro atoms. The lowest BCUT2D eigenvalue weighted by Gasteiger charge is -1.92. The van der Waals surface area contributed by atoms with Gasteiger partial charge in [0, 0.05) is 12.1 Å². The van der Waals surface area contributed by atoms with Gasteiger partial charge in [0.2, 0.25) is 12.7 Å². The number of ether oxygens (including phenoxy) is 2. The van der Waals surface area contributed by atoms with Gasteiger partial charge in [-0.3, -0.25) is 0 Å². The van der Waals surface area contributed by atoms with E-state index in [2.05, 4.69) is 4.98 Å². The first-order valence-electron chi connectivity index (χ1n) is 4.12. The van der Waals surface area contributed by atoms with Gasteiger partial charge in [0.15, 0.2) is 17.1 Å². The fourth-order valence-corrected chi connectivity index (χ4v) is 1.54. The standard InChI is InChI=1S/C9H6ClNO3/c10-3-9-11-5-1-7-8(13-4-12-7)2-6(5)14-9/h1-2H,3-4H2. The molecule has 1 aromatic heterocycles. The van der Waals surface area contributed by atoms with Crippen molar-refractivity contribution in [3.8, 4) is 11.5 Å². The summed E-state index contributed by atoms with van der Waals surface area (Å²) in [5, 5.41) is 0. The quantitative estimate of drug-likeness (QED) is 0.679. The lowest BCUT2D eigenvalue weighted by atomic mass is 10.3. The average Bonchev–Trinajstić information content (AvgIpc) is 2.77. The summed E-state index contributed by atoms with van der Waals surface area (Å²) in [5.74, 6) is 2.16. The van der Waals surface area contributed by atoms with Crippen LogP contribution in [0.4, 0.5) is 0 Å². The Bertz CT molecular complexity index is 453. The molecular weight excluding hydrogens is 206 g/mol. The molecule has 0 N–H and O–H groups in total. The van der Waals surface area contributed by atoms with E-state index in [1.807, 2.05) is 0 Å². The monoisotopic (exact) mass is 211 g/mol. The van der Waals surface area contributed by atoms with Gasteiger partial charge in [0.05, 0.1) is 5.88 Å². The normalized spacial score (nSPS) is 13.8. The first-order chi connectivity index (χ1) is 6.86. The van der Waals surface area contributed by atoms with E-state index in [1.165, 1.54) is 0 Å². The van der Waals surface area contributed by atoms with Crippen molar-refractivity contribution in [3.63, 3.8) is 0 Å². The molecule has 5 heteroatoms. The number of fused-ring (bicyclic) bond motifs is 2. The van der Waals surface area contributed by atoms with Crippen molar-refractivity contribution in [3.05, 3.63) is 18.0 Å². The topological polar surface area (TPSA) is 44.5 Å². The number of hydrogen-bond donors (Lipinski definition) is 0. The molecule has 1 aromatic carbocycles. The predicted octanol–water partition coefficient (Wildman–Crippen LogP) is 2.30. The zero-order valence-corrected chi connectivity index (χ0v) is 7.87. The summed E-state index contributed by atoms with van der Waals surface area (Å²) < 4.78 is 15.8. The van der Waals surface area contributed by atoms with Crippen molar-refractivity contribution in [2.24, 2.45) is 0 Å². The summed E-state index contributed by atoms with van der Waals surface area (Å²) in [5.41, 5.74) is 1.41. The highest BCUT2D eigenvalue weighted by atomic mass is 35.5. The van der Waals surface area contributed by atoms with E-state index >= 15 is 0 Å². The highest BCUT2D eigenvalue weighted by molar-refractivity contribution is 6.16. The molecule has 0 radical (unpaired) electrons. The lowest BCUT2D eigenvalue weighted by molar-refractivity contribution is 0.174. The van der Waals surface area contributed by atoms with Gasteiger partial charge < -0.3 is 13.9 Å². The van der Waals surface area contributed by atoms with Crippen molar-refractivity contribution < 1.29 is 13.9 Å². The summed E-state index contributed by atoms with van der Waals surface area (Å²) in [6, 6.07) is 3.55. The Labute approximate surface area is 84.4 Å². The van der Waals surface area contributed by atoms with Crippen LogP contribution < -0.4 is 9.47 Å². The van der Waals surface area contributed by atoms with Crippen molar-refractivity contribution in [1.82, 2.24) is 4.98 Å². The molecule has 0 fully saturated rings. The Morgan fingerprint density at radius 3 is 2.86 bits per heavy atom. The largest absolute Gasteiger partial charge is 0.454 e. The molecule has 0 saturated carbocycles. The van der Waals surface area contributed by atoms with Crippen molar-refractivity contribution in [2.45, 2.75) is 5.88 Å². The van der Waals surface area contributed by atoms with E-state index in [9.17, 15) is 0 Å². The summed E-state index contributed by atoms with van der Waals surface area (Å²) in [4.78, 5) is 4.17. The van der Waals surface area contributed by atoms with Gasteiger partial charge in [0.1, 0.15) is 5.52 Å². The van der Waals surface area contributed by atoms with Gasteiger partial charge in [-0.2, -0.15) is 0 Å². The Kier molecular flexibility index (Phi) is 1.58. The highest BCUT2D eigenvalue weighted by Crippen LogP contribution is 2.36. The Hall–Kier alpha value is -1.42. The predicted molar refractivity (Wildman–Crippen MR) is 49.7 cm³/mol. The number of hydrogen-bond acceptors (Lipinski definition) is 4. The van der Waals surface area contributed by atoms with Crippen LogP contribution in [0, 0.1) is 0 Å². The third-order valence-electron chi connectivity index (χ3n) is 2.04. The van der Waals surface area contributed by atoms with Gasteiger partial charge in [-0.15, -0.1) is 11.6 Å². The zero-order chi connectivity index (χ0) is 9.54. The maximum atomic E-state index is 5.61. The number of aromatic nitrogens is 1. The van der Waals surface area contributed by atoms with Gasteiger partial charge in [-0.1, -0.05) is 0 Å². The molecule has 0 atom stereocenters. The Morgan fingerprint density at radius 2 is 2.07 bits per heavy atom.